The van der Waals surface area contributed by atoms with Crippen molar-refractivity contribution in [2.75, 3.05) is 26.7 Å². The number of rotatable bonds is 10. The van der Waals surface area contributed by atoms with Gasteiger partial charge in [0.1, 0.15) is 0 Å². The molecule has 1 atom stereocenters. The molecule has 1 unspecified atom stereocenters. The number of hydrogen-bond acceptors (Lipinski definition) is 4. The number of benzene rings is 1. The minimum Gasteiger partial charge on any atom is -0.504 e. The maximum absolute atomic E-state index is 10.2. The van der Waals surface area contributed by atoms with Gasteiger partial charge >= 0.3 is 0 Å². The van der Waals surface area contributed by atoms with Gasteiger partial charge in [-0.05, 0) is 43.6 Å². The molecule has 124 valence electrons. The van der Waals surface area contributed by atoms with Gasteiger partial charge in [0.25, 0.3) is 0 Å². The molecule has 0 heterocycles. The van der Waals surface area contributed by atoms with Crippen LogP contribution in [0.5, 0.6) is 11.5 Å². The van der Waals surface area contributed by atoms with Crippen molar-refractivity contribution in [2.24, 2.45) is 5.73 Å². The van der Waals surface area contributed by atoms with Crippen LogP contribution in [0, 0.1) is 0 Å². The summed E-state index contributed by atoms with van der Waals surface area (Å²) in [6.45, 7) is 10.6. The minimum absolute atomic E-state index is 0.134. The van der Waals surface area contributed by atoms with Crippen LogP contribution in [0.2, 0.25) is 0 Å². The Kier molecular flexibility index (Phi) is 7.99. The zero-order chi connectivity index (χ0) is 16.5. The molecule has 3 N–H and O–H groups in total. The maximum Gasteiger partial charge on any atom is 0.161 e. The van der Waals surface area contributed by atoms with Gasteiger partial charge in [0, 0.05) is 18.2 Å². The fraction of sp³-hybridized carbons (Fsp3) is 0.556. The molecule has 1 aromatic rings. The molecule has 0 saturated carbocycles. The van der Waals surface area contributed by atoms with Crippen molar-refractivity contribution >= 4 is 0 Å². The number of methoxy groups -OCH3 is 1. The van der Waals surface area contributed by atoms with Crippen LogP contribution in [0.4, 0.5) is 0 Å². The second kappa shape index (κ2) is 9.49. The molecule has 1 aromatic carbocycles. The third-order valence-electron chi connectivity index (χ3n) is 4.01. The summed E-state index contributed by atoms with van der Waals surface area (Å²) in [4.78, 5) is 2.38. The molecule has 0 aliphatic heterocycles. The SMILES string of the molecule is C=CCc1cc(C(CN)N(CC)CCCC)cc(OC)c1O. The number of ether oxygens (including phenoxy) is 1. The maximum atomic E-state index is 10.2. The van der Waals surface area contributed by atoms with Gasteiger partial charge in [-0.2, -0.15) is 0 Å². The molecular weight excluding hydrogens is 276 g/mol. The zero-order valence-corrected chi connectivity index (χ0v) is 14.1. The zero-order valence-electron chi connectivity index (χ0n) is 14.1. The molecule has 4 nitrogen and oxygen atoms in total. The van der Waals surface area contributed by atoms with Crippen LogP contribution < -0.4 is 10.5 Å². The molecular formula is C18H30N2O2. The minimum atomic E-state index is 0.134. The number of nitrogens with two attached hydrogens (primary N) is 1. The fourth-order valence-electron chi connectivity index (χ4n) is 2.74. The van der Waals surface area contributed by atoms with Crippen LogP contribution in [-0.2, 0) is 6.42 Å². The Morgan fingerprint density at radius 3 is 2.64 bits per heavy atom. The molecule has 1 rings (SSSR count). The average molecular weight is 306 g/mol. The molecule has 0 spiro atoms. The van der Waals surface area contributed by atoms with Crippen molar-refractivity contribution in [3.05, 3.63) is 35.9 Å². The quantitative estimate of drug-likeness (QED) is 0.652. The van der Waals surface area contributed by atoms with Crippen molar-refractivity contribution in [2.45, 2.75) is 39.2 Å². The lowest BCUT2D eigenvalue weighted by atomic mass is 9.99. The van der Waals surface area contributed by atoms with Gasteiger partial charge in [-0.15, -0.1) is 6.58 Å². The van der Waals surface area contributed by atoms with Gasteiger partial charge in [-0.25, -0.2) is 0 Å². The van der Waals surface area contributed by atoms with Crippen LogP contribution in [-0.4, -0.2) is 36.8 Å². The van der Waals surface area contributed by atoms with Crippen molar-refractivity contribution in [1.82, 2.24) is 4.90 Å². The van der Waals surface area contributed by atoms with Crippen LogP contribution in [0.15, 0.2) is 24.8 Å². The fourth-order valence-corrected chi connectivity index (χ4v) is 2.74. The second-order valence-electron chi connectivity index (χ2n) is 5.46. The molecule has 4 heteroatoms. The van der Waals surface area contributed by atoms with Gasteiger partial charge in [-0.1, -0.05) is 26.3 Å². The molecule has 22 heavy (non-hydrogen) atoms. The van der Waals surface area contributed by atoms with Crippen molar-refractivity contribution in [1.29, 1.82) is 0 Å². The van der Waals surface area contributed by atoms with Gasteiger partial charge in [0.2, 0.25) is 0 Å². The van der Waals surface area contributed by atoms with E-state index in [1.165, 1.54) is 0 Å². The number of aromatic hydroxyl groups is 1. The Balaban J connectivity index is 3.19. The molecule has 0 amide bonds. The third-order valence-corrected chi connectivity index (χ3v) is 4.01. The predicted molar refractivity (Wildman–Crippen MR) is 92.5 cm³/mol. The molecule has 0 aromatic heterocycles. The highest BCUT2D eigenvalue weighted by Gasteiger charge is 2.20. The topological polar surface area (TPSA) is 58.7 Å². The lowest BCUT2D eigenvalue weighted by molar-refractivity contribution is 0.208. The standard InChI is InChI=1S/C18H30N2O2/c1-5-8-10-20(7-3)16(13-19)15-11-14(9-6-2)18(21)17(12-15)22-4/h6,11-12,16,21H,2,5,7-10,13,19H2,1,3-4H3. The van der Waals surface area contributed by atoms with E-state index in [9.17, 15) is 5.11 Å². The van der Waals surface area contributed by atoms with E-state index in [1.54, 1.807) is 13.2 Å². The summed E-state index contributed by atoms with van der Waals surface area (Å²) in [5.74, 6) is 0.692. The van der Waals surface area contributed by atoms with Gasteiger partial charge < -0.3 is 15.6 Å². The first kappa shape index (κ1) is 18.5. The number of allylic oxidation sites excluding steroid dienone is 1. The first-order valence-electron chi connectivity index (χ1n) is 8.07. The number of likely N-dealkylation sites (N-methyl/N-ethyl adjacent to an activating group) is 1. The Bertz CT molecular complexity index is 474. The van der Waals surface area contributed by atoms with E-state index >= 15 is 0 Å². The normalized spacial score (nSPS) is 12.4. The molecule has 0 bridgehead atoms. The first-order chi connectivity index (χ1) is 10.6. The second-order valence-corrected chi connectivity index (χ2v) is 5.46. The molecule has 0 aliphatic carbocycles. The van der Waals surface area contributed by atoms with Gasteiger partial charge in [0.05, 0.1) is 7.11 Å². The largest absolute Gasteiger partial charge is 0.504 e. The Morgan fingerprint density at radius 1 is 1.41 bits per heavy atom. The lowest BCUT2D eigenvalue weighted by Crippen LogP contribution is -2.34. The number of phenolic OH excluding ortho intramolecular Hbond substituents is 1. The van der Waals surface area contributed by atoms with E-state index in [0.717, 1.165) is 37.1 Å². The third kappa shape index (κ3) is 4.49. The number of unbranched alkanes of at least 4 members (excludes halogenated alkanes) is 1. The number of phenols is 1. The Morgan fingerprint density at radius 2 is 2.14 bits per heavy atom. The molecule has 0 aliphatic rings. The summed E-state index contributed by atoms with van der Waals surface area (Å²) in [6.07, 6.45) is 4.70. The summed E-state index contributed by atoms with van der Waals surface area (Å²) in [5.41, 5.74) is 7.96. The van der Waals surface area contributed by atoms with Crippen LogP contribution in [0.1, 0.15) is 43.9 Å². The van der Waals surface area contributed by atoms with Crippen LogP contribution in [0.25, 0.3) is 0 Å². The first-order valence-corrected chi connectivity index (χ1v) is 8.07. The molecule has 0 fully saturated rings. The van der Waals surface area contributed by atoms with Crippen LogP contribution >= 0.6 is 0 Å². The summed E-state index contributed by atoms with van der Waals surface area (Å²) in [7, 11) is 1.57. The van der Waals surface area contributed by atoms with Crippen LogP contribution in [0.3, 0.4) is 0 Å². The average Bonchev–Trinajstić information content (AvgIpc) is 2.53. The van der Waals surface area contributed by atoms with E-state index < -0.39 is 0 Å². The number of nitrogens with zero attached hydrogens (tertiary/aromatic N) is 1. The van der Waals surface area contributed by atoms with E-state index in [1.807, 2.05) is 12.1 Å². The number of hydrogen-bond donors (Lipinski definition) is 2. The van der Waals surface area contributed by atoms with Gasteiger partial charge in [-0.3, -0.25) is 4.90 Å². The highest BCUT2D eigenvalue weighted by atomic mass is 16.5. The summed E-state index contributed by atoms with van der Waals surface area (Å²) >= 11 is 0. The van der Waals surface area contributed by atoms with E-state index in [4.69, 9.17) is 10.5 Å². The highest BCUT2D eigenvalue weighted by Crippen LogP contribution is 2.35. The predicted octanol–water partition coefficient (Wildman–Crippen LogP) is 3.25. The Labute approximate surface area is 134 Å². The highest BCUT2D eigenvalue weighted by molar-refractivity contribution is 5.50. The molecule has 0 radical (unpaired) electrons. The van der Waals surface area contributed by atoms with E-state index in [2.05, 4.69) is 25.3 Å². The lowest BCUT2D eigenvalue weighted by Gasteiger charge is -2.31. The summed E-state index contributed by atoms with van der Waals surface area (Å²) in [6, 6.07) is 4.05. The summed E-state index contributed by atoms with van der Waals surface area (Å²) in [5, 5.41) is 10.2. The van der Waals surface area contributed by atoms with E-state index in [0.29, 0.717) is 18.7 Å². The monoisotopic (exact) mass is 306 g/mol. The van der Waals surface area contributed by atoms with Crippen molar-refractivity contribution < 1.29 is 9.84 Å². The Hall–Kier alpha value is -1.52. The van der Waals surface area contributed by atoms with Gasteiger partial charge in [0.15, 0.2) is 11.5 Å². The van der Waals surface area contributed by atoms with Crippen molar-refractivity contribution in [3.63, 3.8) is 0 Å². The molecule has 0 saturated heterocycles. The summed E-state index contributed by atoms with van der Waals surface area (Å²) < 4.78 is 5.32. The van der Waals surface area contributed by atoms with Crippen molar-refractivity contribution in [3.8, 4) is 11.5 Å². The van der Waals surface area contributed by atoms with E-state index in [-0.39, 0.29) is 11.8 Å². The smallest absolute Gasteiger partial charge is 0.161 e.